The van der Waals surface area contributed by atoms with Gasteiger partial charge >= 0.3 is 0 Å². The van der Waals surface area contributed by atoms with E-state index in [1.807, 2.05) is 66.7 Å². The normalized spacial score (nSPS) is 11.5. The van der Waals surface area contributed by atoms with Gasteiger partial charge in [-0.25, -0.2) is 9.97 Å². The molecule has 40 heavy (non-hydrogen) atoms. The number of nitrogens with zero attached hydrogens (tertiary/aromatic N) is 5. The second-order valence-corrected chi connectivity index (χ2v) is 10.6. The van der Waals surface area contributed by atoms with E-state index in [-0.39, 0.29) is 0 Å². The molecule has 188 valence electrons. The summed E-state index contributed by atoms with van der Waals surface area (Å²) in [4.78, 5) is 20.0. The largest absolute Gasteiger partial charge is 0.278 e. The summed E-state index contributed by atoms with van der Waals surface area (Å²) in [5, 5.41) is 3.27. The third-order valence-electron chi connectivity index (χ3n) is 7.11. The maximum Gasteiger partial charge on any atom is 0.238 e. The lowest BCUT2D eigenvalue weighted by atomic mass is 10.1. The molecule has 0 aliphatic heterocycles. The van der Waals surface area contributed by atoms with Crippen LogP contribution in [-0.4, -0.2) is 24.5 Å². The van der Waals surface area contributed by atoms with Crippen molar-refractivity contribution >= 4 is 43.4 Å². The van der Waals surface area contributed by atoms with Crippen LogP contribution in [0.25, 0.3) is 71.3 Å². The van der Waals surface area contributed by atoms with Crippen LogP contribution in [-0.2, 0) is 0 Å². The van der Waals surface area contributed by atoms with Gasteiger partial charge in [-0.3, -0.25) is 4.57 Å². The maximum atomic E-state index is 5.04. The van der Waals surface area contributed by atoms with Gasteiger partial charge in [0.25, 0.3) is 0 Å². The Bertz CT molecular complexity index is 2070. The van der Waals surface area contributed by atoms with Crippen LogP contribution in [0.3, 0.4) is 0 Å². The van der Waals surface area contributed by atoms with Gasteiger partial charge in [-0.05, 0) is 24.3 Å². The maximum absolute atomic E-state index is 5.04. The summed E-state index contributed by atoms with van der Waals surface area (Å²) in [6.45, 7) is 0. The topological polar surface area (TPSA) is 56.5 Å². The lowest BCUT2D eigenvalue weighted by Gasteiger charge is -2.11. The van der Waals surface area contributed by atoms with Crippen molar-refractivity contribution in [2.24, 2.45) is 0 Å². The van der Waals surface area contributed by atoms with Crippen molar-refractivity contribution in [3.05, 3.63) is 127 Å². The number of benzene rings is 5. The number of aromatic nitrogens is 5. The Hall–Kier alpha value is -5.20. The van der Waals surface area contributed by atoms with Crippen molar-refractivity contribution in [2.45, 2.75) is 0 Å². The number of fused-ring (bicyclic) bond motifs is 4. The van der Waals surface area contributed by atoms with Gasteiger partial charge in [0, 0.05) is 27.5 Å². The molecule has 0 saturated heterocycles. The van der Waals surface area contributed by atoms with Crippen molar-refractivity contribution in [3.63, 3.8) is 0 Å². The van der Waals surface area contributed by atoms with Crippen molar-refractivity contribution < 1.29 is 0 Å². The zero-order valence-corrected chi connectivity index (χ0v) is 22.1. The van der Waals surface area contributed by atoms with Crippen LogP contribution in [0.2, 0.25) is 0 Å². The Morgan fingerprint density at radius 2 is 1.12 bits per heavy atom. The lowest BCUT2D eigenvalue weighted by Crippen LogP contribution is -2.06. The summed E-state index contributed by atoms with van der Waals surface area (Å²) < 4.78 is 3.33. The molecule has 3 heterocycles. The van der Waals surface area contributed by atoms with Crippen LogP contribution in [0.15, 0.2) is 127 Å². The van der Waals surface area contributed by atoms with Gasteiger partial charge in [-0.15, -0.1) is 11.3 Å². The predicted octanol–water partition coefficient (Wildman–Crippen LogP) is 8.58. The van der Waals surface area contributed by atoms with Crippen molar-refractivity contribution in [1.82, 2.24) is 24.5 Å². The fourth-order valence-electron chi connectivity index (χ4n) is 5.30. The van der Waals surface area contributed by atoms with E-state index in [1.54, 1.807) is 11.3 Å². The third kappa shape index (κ3) is 3.69. The van der Waals surface area contributed by atoms with Gasteiger partial charge in [-0.2, -0.15) is 9.97 Å². The zero-order valence-electron chi connectivity index (χ0n) is 21.3. The van der Waals surface area contributed by atoms with E-state index in [2.05, 4.69) is 65.2 Å². The third-order valence-corrected chi connectivity index (χ3v) is 8.18. The fourth-order valence-corrected chi connectivity index (χ4v) is 6.30. The first-order valence-corrected chi connectivity index (χ1v) is 13.9. The van der Waals surface area contributed by atoms with Gasteiger partial charge < -0.3 is 0 Å². The van der Waals surface area contributed by atoms with Crippen molar-refractivity contribution in [1.29, 1.82) is 0 Å². The molecule has 5 nitrogen and oxygen atoms in total. The Morgan fingerprint density at radius 1 is 0.500 bits per heavy atom. The quantitative estimate of drug-likeness (QED) is 0.228. The summed E-state index contributed by atoms with van der Waals surface area (Å²) in [5.74, 6) is 1.86. The Kier molecular flexibility index (Phi) is 5.24. The summed E-state index contributed by atoms with van der Waals surface area (Å²) in [6, 6.07) is 43.3. The average Bonchev–Trinajstić information content (AvgIpc) is 3.61. The Morgan fingerprint density at radius 3 is 1.85 bits per heavy atom. The first-order valence-electron chi connectivity index (χ1n) is 13.1. The van der Waals surface area contributed by atoms with E-state index >= 15 is 0 Å². The molecule has 5 aromatic carbocycles. The molecule has 0 unspecified atom stereocenters. The summed E-state index contributed by atoms with van der Waals surface area (Å²) in [6.07, 6.45) is 0. The molecule has 0 fully saturated rings. The molecule has 0 atom stereocenters. The molecule has 6 heteroatoms. The molecule has 3 aromatic heterocycles. The minimum atomic E-state index is 0.584. The molecular formula is C34H21N5S. The number of para-hydroxylation sites is 2. The fraction of sp³-hybridized carbons (Fsp3) is 0. The van der Waals surface area contributed by atoms with Crippen LogP contribution in [0.1, 0.15) is 0 Å². The highest BCUT2D eigenvalue weighted by molar-refractivity contribution is 7.21. The van der Waals surface area contributed by atoms with Crippen LogP contribution in [0, 0.1) is 0 Å². The van der Waals surface area contributed by atoms with Crippen LogP contribution in [0.5, 0.6) is 0 Å². The van der Waals surface area contributed by atoms with E-state index in [4.69, 9.17) is 19.9 Å². The molecule has 0 radical (unpaired) electrons. The summed E-state index contributed by atoms with van der Waals surface area (Å²) in [5.41, 5.74) is 6.07. The standard InChI is InChI=1S/C34H21N5S/c1-3-12-22(13-4-1)31-36-32(23-14-5-2-6-15-23)38-34(37-31)39-27-19-9-7-16-24(27)30-25(17-11-20-28(30)39)33-35-26-18-8-10-21-29(26)40-33/h1-21H. The molecule has 0 amide bonds. The first kappa shape index (κ1) is 22.8. The van der Waals surface area contributed by atoms with Gasteiger partial charge in [0.1, 0.15) is 5.01 Å². The second kappa shape index (κ2) is 9.22. The molecule has 0 N–H and O–H groups in total. The monoisotopic (exact) mass is 531 g/mol. The second-order valence-electron chi connectivity index (χ2n) is 9.55. The lowest BCUT2D eigenvalue weighted by molar-refractivity contribution is 0.953. The van der Waals surface area contributed by atoms with Gasteiger partial charge in [0.2, 0.25) is 5.95 Å². The molecule has 0 saturated carbocycles. The Labute approximate surface area is 234 Å². The average molecular weight is 532 g/mol. The zero-order chi connectivity index (χ0) is 26.5. The molecule has 0 spiro atoms. The van der Waals surface area contributed by atoms with E-state index in [1.165, 1.54) is 4.70 Å². The van der Waals surface area contributed by atoms with Crippen LogP contribution in [0.4, 0.5) is 0 Å². The Balaban J connectivity index is 1.44. The van der Waals surface area contributed by atoms with E-state index in [9.17, 15) is 0 Å². The minimum Gasteiger partial charge on any atom is -0.278 e. The number of hydrogen-bond acceptors (Lipinski definition) is 5. The molecular weight excluding hydrogens is 510 g/mol. The highest BCUT2D eigenvalue weighted by Crippen LogP contribution is 2.40. The number of rotatable bonds is 4. The summed E-state index contributed by atoms with van der Waals surface area (Å²) in [7, 11) is 0. The van der Waals surface area contributed by atoms with E-state index in [0.717, 1.165) is 49.0 Å². The van der Waals surface area contributed by atoms with Crippen molar-refractivity contribution in [3.8, 4) is 39.3 Å². The molecule has 0 aliphatic rings. The van der Waals surface area contributed by atoms with Gasteiger partial charge in [-0.1, -0.05) is 103 Å². The molecule has 8 aromatic rings. The van der Waals surface area contributed by atoms with E-state index < -0.39 is 0 Å². The molecule has 0 aliphatic carbocycles. The highest BCUT2D eigenvalue weighted by Gasteiger charge is 2.20. The summed E-state index contributed by atoms with van der Waals surface area (Å²) >= 11 is 1.72. The minimum absolute atomic E-state index is 0.584. The predicted molar refractivity (Wildman–Crippen MR) is 164 cm³/mol. The van der Waals surface area contributed by atoms with Gasteiger partial charge in [0.15, 0.2) is 11.6 Å². The van der Waals surface area contributed by atoms with E-state index in [0.29, 0.717) is 17.6 Å². The highest BCUT2D eigenvalue weighted by atomic mass is 32.1. The van der Waals surface area contributed by atoms with Crippen LogP contribution >= 0.6 is 11.3 Å². The smallest absolute Gasteiger partial charge is 0.238 e. The molecule has 8 rings (SSSR count). The van der Waals surface area contributed by atoms with Crippen molar-refractivity contribution in [2.75, 3.05) is 0 Å². The molecule has 0 bridgehead atoms. The SMILES string of the molecule is c1ccc(-c2nc(-c3ccccc3)nc(-n3c4ccccc4c4c(-c5nc6ccccc6s5)cccc43)n2)cc1. The first-order chi connectivity index (χ1) is 19.8. The van der Waals surface area contributed by atoms with Crippen LogP contribution < -0.4 is 0 Å². The number of hydrogen-bond donors (Lipinski definition) is 0. The van der Waals surface area contributed by atoms with Gasteiger partial charge in [0.05, 0.1) is 21.3 Å². The number of thiazole rings is 1.